The molecule has 0 unspecified atom stereocenters. The molecule has 0 spiro atoms. The van der Waals surface area contributed by atoms with Gasteiger partial charge in [0.1, 0.15) is 11.8 Å². The van der Waals surface area contributed by atoms with Crippen LogP contribution in [0.4, 0.5) is 11.4 Å². The molecule has 0 radical (unpaired) electrons. The summed E-state index contributed by atoms with van der Waals surface area (Å²) < 4.78 is 31.2. The Morgan fingerprint density at radius 2 is 1.83 bits per heavy atom. The van der Waals surface area contributed by atoms with E-state index in [4.69, 9.17) is 4.74 Å². The van der Waals surface area contributed by atoms with E-state index in [2.05, 4.69) is 5.32 Å². The van der Waals surface area contributed by atoms with E-state index in [9.17, 15) is 23.3 Å². The van der Waals surface area contributed by atoms with Gasteiger partial charge >= 0.3 is 0 Å². The highest BCUT2D eigenvalue weighted by atomic mass is 32.2. The topological polar surface area (TPSA) is 119 Å². The van der Waals surface area contributed by atoms with Gasteiger partial charge in [0.25, 0.3) is 5.69 Å². The molecule has 0 saturated carbocycles. The molecule has 2 rings (SSSR count). The first kappa shape index (κ1) is 23.1. The first-order valence-corrected chi connectivity index (χ1v) is 11.1. The largest absolute Gasteiger partial charge is 0.491 e. The van der Waals surface area contributed by atoms with Gasteiger partial charge in [0, 0.05) is 18.7 Å². The van der Waals surface area contributed by atoms with E-state index in [0.717, 1.165) is 22.2 Å². The van der Waals surface area contributed by atoms with E-state index < -0.39 is 26.9 Å². The Morgan fingerprint density at radius 3 is 2.43 bits per heavy atom. The van der Waals surface area contributed by atoms with Crippen LogP contribution in [0.2, 0.25) is 0 Å². The van der Waals surface area contributed by atoms with Crippen LogP contribution in [0.3, 0.4) is 0 Å². The second-order valence-corrected chi connectivity index (χ2v) is 8.90. The molecule has 2 aromatic carbocycles. The predicted molar refractivity (Wildman–Crippen MR) is 114 cm³/mol. The molecule has 10 heteroatoms. The number of anilines is 1. The lowest BCUT2D eigenvalue weighted by Gasteiger charge is -2.28. The van der Waals surface area contributed by atoms with Crippen LogP contribution in [0.25, 0.3) is 0 Å². The molecule has 0 bridgehead atoms. The number of nitro groups is 1. The number of hydrogen-bond acceptors (Lipinski definition) is 6. The van der Waals surface area contributed by atoms with Crippen LogP contribution in [0, 0.1) is 10.1 Å². The lowest BCUT2D eigenvalue weighted by Crippen LogP contribution is -2.47. The smallest absolute Gasteiger partial charge is 0.271 e. The number of amides is 1. The number of non-ortho nitro benzene ring substituents is 1. The number of rotatable bonds is 9. The molecule has 0 aromatic heterocycles. The van der Waals surface area contributed by atoms with Crippen molar-refractivity contribution in [2.45, 2.75) is 39.5 Å². The minimum atomic E-state index is -3.88. The molecule has 30 heavy (non-hydrogen) atoms. The average Bonchev–Trinajstić information content (AvgIpc) is 2.65. The standard InChI is InChI=1S/C20H25N3O6S/c1-14(2)29-19-10-5-7-16(11-19)13-21-20(24)15(3)22(30(4,27)28)17-8-6-9-18(12-17)23(25)26/h5-12,14-15H,13H2,1-4H3,(H,21,24)/t15-/m0/s1. The van der Waals surface area contributed by atoms with Gasteiger partial charge in [-0.05, 0) is 44.5 Å². The quantitative estimate of drug-likeness (QED) is 0.478. The van der Waals surface area contributed by atoms with Crippen molar-refractivity contribution in [3.05, 3.63) is 64.2 Å². The van der Waals surface area contributed by atoms with Crippen LogP contribution < -0.4 is 14.4 Å². The predicted octanol–water partition coefficient (Wildman–Crippen LogP) is 2.85. The Morgan fingerprint density at radius 1 is 1.17 bits per heavy atom. The van der Waals surface area contributed by atoms with Gasteiger partial charge in [0.15, 0.2) is 0 Å². The summed E-state index contributed by atoms with van der Waals surface area (Å²) in [5.74, 6) is 0.126. The molecule has 0 aliphatic rings. The first-order chi connectivity index (χ1) is 14.0. The third kappa shape index (κ3) is 6.18. The highest BCUT2D eigenvalue weighted by molar-refractivity contribution is 7.92. The third-order valence-electron chi connectivity index (χ3n) is 4.12. The van der Waals surface area contributed by atoms with Crippen molar-refractivity contribution in [1.29, 1.82) is 0 Å². The fraction of sp³-hybridized carbons (Fsp3) is 0.350. The van der Waals surface area contributed by atoms with Crippen molar-refractivity contribution in [1.82, 2.24) is 5.32 Å². The molecule has 2 aromatic rings. The normalized spacial score (nSPS) is 12.3. The highest BCUT2D eigenvalue weighted by Gasteiger charge is 2.30. The van der Waals surface area contributed by atoms with Gasteiger partial charge in [-0.1, -0.05) is 18.2 Å². The van der Waals surface area contributed by atoms with E-state index >= 15 is 0 Å². The summed E-state index contributed by atoms with van der Waals surface area (Å²) in [5.41, 5.74) is 0.562. The van der Waals surface area contributed by atoms with E-state index in [-0.39, 0.29) is 24.0 Å². The highest BCUT2D eigenvalue weighted by Crippen LogP contribution is 2.25. The molecule has 1 atom stereocenters. The molecular formula is C20H25N3O6S. The molecule has 0 fully saturated rings. The number of benzene rings is 2. The van der Waals surface area contributed by atoms with Crippen molar-refractivity contribution in [3.63, 3.8) is 0 Å². The molecule has 0 heterocycles. The number of carbonyl (C=O) groups excluding carboxylic acids is 1. The number of nitrogens with zero attached hydrogens (tertiary/aromatic N) is 2. The van der Waals surface area contributed by atoms with Gasteiger partial charge in [-0.25, -0.2) is 8.42 Å². The maximum atomic E-state index is 12.7. The molecule has 1 amide bonds. The number of ether oxygens (including phenoxy) is 1. The molecule has 0 saturated heterocycles. The molecular weight excluding hydrogens is 410 g/mol. The first-order valence-electron chi connectivity index (χ1n) is 9.26. The van der Waals surface area contributed by atoms with Gasteiger partial charge in [-0.3, -0.25) is 19.2 Å². The van der Waals surface area contributed by atoms with Crippen LogP contribution in [0.5, 0.6) is 5.75 Å². The minimum absolute atomic E-state index is 0.00751. The Bertz CT molecular complexity index is 1020. The summed E-state index contributed by atoms with van der Waals surface area (Å²) in [6.07, 6.45) is 0.954. The van der Waals surface area contributed by atoms with Gasteiger partial charge in [0.2, 0.25) is 15.9 Å². The molecule has 162 valence electrons. The summed E-state index contributed by atoms with van der Waals surface area (Å²) >= 11 is 0. The minimum Gasteiger partial charge on any atom is -0.491 e. The Hall–Kier alpha value is -3.14. The molecule has 0 aliphatic carbocycles. The molecule has 1 N–H and O–H groups in total. The van der Waals surface area contributed by atoms with Crippen molar-refractivity contribution >= 4 is 27.3 Å². The van der Waals surface area contributed by atoms with Crippen molar-refractivity contribution in [2.24, 2.45) is 0 Å². The summed E-state index contributed by atoms with van der Waals surface area (Å²) in [6, 6.07) is 11.2. The van der Waals surface area contributed by atoms with Gasteiger partial charge in [0.05, 0.1) is 23.0 Å². The monoisotopic (exact) mass is 435 g/mol. The average molecular weight is 436 g/mol. The number of nitro benzene ring substituents is 1. The van der Waals surface area contributed by atoms with Crippen molar-refractivity contribution < 1.29 is 22.9 Å². The molecule has 9 nitrogen and oxygen atoms in total. The van der Waals surface area contributed by atoms with Crippen LogP contribution in [0.1, 0.15) is 26.3 Å². The maximum absolute atomic E-state index is 12.7. The number of nitrogens with one attached hydrogen (secondary N) is 1. The number of carbonyl (C=O) groups is 1. The Balaban J connectivity index is 2.19. The third-order valence-corrected chi connectivity index (χ3v) is 5.36. The second kappa shape index (κ2) is 9.57. The summed E-state index contributed by atoms with van der Waals surface area (Å²) in [4.78, 5) is 23.1. The summed E-state index contributed by atoms with van der Waals surface area (Å²) in [5, 5.41) is 13.7. The van der Waals surface area contributed by atoms with Gasteiger partial charge in [-0.15, -0.1) is 0 Å². The van der Waals surface area contributed by atoms with Crippen molar-refractivity contribution in [2.75, 3.05) is 10.6 Å². The van der Waals surface area contributed by atoms with Crippen LogP contribution >= 0.6 is 0 Å². The zero-order valence-electron chi connectivity index (χ0n) is 17.2. The fourth-order valence-corrected chi connectivity index (χ4v) is 4.06. The second-order valence-electron chi connectivity index (χ2n) is 7.04. The van der Waals surface area contributed by atoms with Crippen LogP contribution in [-0.4, -0.2) is 37.6 Å². The van der Waals surface area contributed by atoms with E-state index in [0.29, 0.717) is 5.75 Å². The zero-order valence-corrected chi connectivity index (χ0v) is 18.0. The van der Waals surface area contributed by atoms with E-state index in [1.54, 1.807) is 12.1 Å². The fourth-order valence-electron chi connectivity index (χ4n) is 2.89. The maximum Gasteiger partial charge on any atom is 0.271 e. The van der Waals surface area contributed by atoms with Crippen LogP contribution in [0.15, 0.2) is 48.5 Å². The van der Waals surface area contributed by atoms with E-state index in [1.165, 1.54) is 25.1 Å². The Kier molecular flexibility index (Phi) is 7.38. The summed E-state index contributed by atoms with van der Waals surface area (Å²) in [6.45, 7) is 5.41. The Labute approximate surface area is 175 Å². The lowest BCUT2D eigenvalue weighted by atomic mass is 10.2. The zero-order chi connectivity index (χ0) is 22.5. The number of hydrogen-bond donors (Lipinski definition) is 1. The lowest BCUT2D eigenvalue weighted by molar-refractivity contribution is -0.384. The van der Waals surface area contributed by atoms with Gasteiger partial charge < -0.3 is 10.1 Å². The van der Waals surface area contributed by atoms with E-state index in [1.807, 2.05) is 26.0 Å². The molecule has 0 aliphatic heterocycles. The van der Waals surface area contributed by atoms with Gasteiger partial charge in [-0.2, -0.15) is 0 Å². The van der Waals surface area contributed by atoms with Crippen LogP contribution in [-0.2, 0) is 21.4 Å². The number of sulfonamides is 1. The summed E-state index contributed by atoms with van der Waals surface area (Å²) in [7, 11) is -3.88. The van der Waals surface area contributed by atoms with Crippen molar-refractivity contribution in [3.8, 4) is 5.75 Å². The SMILES string of the molecule is CC(C)Oc1cccc(CNC(=O)[C@H](C)N(c2cccc([N+](=O)[O-])c2)S(C)(=O)=O)c1.